The molecule has 0 aliphatic carbocycles. The molecule has 0 saturated heterocycles. The van der Waals surface area contributed by atoms with Gasteiger partial charge >= 0.3 is 0 Å². The van der Waals surface area contributed by atoms with Gasteiger partial charge in [0.15, 0.2) is 0 Å². The van der Waals surface area contributed by atoms with E-state index in [1.807, 2.05) is 24.4 Å². The van der Waals surface area contributed by atoms with Crippen molar-refractivity contribution in [1.29, 1.82) is 0 Å². The van der Waals surface area contributed by atoms with Crippen LogP contribution in [-0.4, -0.2) is 10.9 Å². The molecule has 0 aromatic carbocycles. The lowest BCUT2D eigenvalue weighted by Gasteiger charge is -2.15. The molecule has 1 atom stereocenters. The molecular weight excluding hydrogens is 303 g/mol. The number of carbonyl (C=O) groups is 1. The molecule has 0 spiro atoms. The Morgan fingerprint density at radius 3 is 2.84 bits per heavy atom. The van der Waals surface area contributed by atoms with Gasteiger partial charge in [-0.05, 0) is 30.0 Å². The van der Waals surface area contributed by atoms with Gasteiger partial charge in [0, 0.05) is 4.88 Å². The minimum Gasteiger partial charge on any atom is -0.343 e. The second kappa shape index (κ2) is 6.37. The number of aromatic nitrogens is 1. The number of halogens is 2. The molecule has 1 N–H and O–H groups in total. The summed E-state index contributed by atoms with van der Waals surface area (Å²) in [5.41, 5.74) is 0.157. The van der Waals surface area contributed by atoms with E-state index in [-0.39, 0.29) is 22.8 Å². The van der Waals surface area contributed by atoms with Crippen molar-refractivity contribution in [2.75, 3.05) is 0 Å². The predicted molar refractivity (Wildman–Crippen MR) is 79.1 cm³/mol. The number of hydrogen-bond donors (Lipinski definition) is 1. The van der Waals surface area contributed by atoms with Crippen LogP contribution in [0.2, 0.25) is 10.2 Å². The van der Waals surface area contributed by atoms with E-state index in [1.54, 1.807) is 23.5 Å². The first kappa shape index (κ1) is 14.3. The smallest absolute Gasteiger partial charge is 0.272 e. The van der Waals surface area contributed by atoms with E-state index in [0.717, 1.165) is 11.3 Å². The molecule has 0 aliphatic rings. The number of amides is 1. The maximum atomic E-state index is 12.2. The van der Waals surface area contributed by atoms with E-state index in [9.17, 15) is 4.79 Å². The highest BCUT2D eigenvalue weighted by molar-refractivity contribution is 7.10. The largest absolute Gasteiger partial charge is 0.343 e. The van der Waals surface area contributed by atoms with Crippen molar-refractivity contribution in [3.8, 4) is 0 Å². The molecule has 3 nitrogen and oxygen atoms in total. The Kier molecular flexibility index (Phi) is 4.80. The average molecular weight is 315 g/mol. The van der Waals surface area contributed by atoms with Gasteiger partial charge in [-0.3, -0.25) is 4.79 Å². The number of hydrogen-bond acceptors (Lipinski definition) is 3. The third-order valence-corrected chi connectivity index (χ3v) is 4.13. The molecule has 2 aromatic rings. The van der Waals surface area contributed by atoms with Crippen LogP contribution in [-0.2, 0) is 0 Å². The molecule has 0 fully saturated rings. The van der Waals surface area contributed by atoms with Crippen LogP contribution in [0.3, 0.4) is 0 Å². The van der Waals surface area contributed by atoms with Crippen LogP contribution in [0, 0.1) is 0 Å². The normalized spacial score (nSPS) is 12.2. The van der Waals surface area contributed by atoms with E-state index >= 15 is 0 Å². The maximum Gasteiger partial charge on any atom is 0.272 e. The van der Waals surface area contributed by atoms with Crippen molar-refractivity contribution in [2.45, 2.75) is 19.4 Å². The van der Waals surface area contributed by atoms with Crippen molar-refractivity contribution in [3.63, 3.8) is 0 Å². The van der Waals surface area contributed by atoms with Gasteiger partial charge in [0.25, 0.3) is 5.91 Å². The van der Waals surface area contributed by atoms with Gasteiger partial charge in [0.1, 0.15) is 10.8 Å². The highest BCUT2D eigenvalue weighted by atomic mass is 35.5. The van der Waals surface area contributed by atoms with Crippen molar-refractivity contribution in [3.05, 3.63) is 50.4 Å². The van der Waals surface area contributed by atoms with Crippen LogP contribution in [0.5, 0.6) is 0 Å². The fraction of sp³-hybridized carbons (Fsp3) is 0.231. The van der Waals surface area contributed by atoms with Crippen molar-refractivity contribution >= 4 is 40.4 Å². The highest BCUT2D eigenvalue weighted by Gasteiger charge is 2.18. The van der Waals surface area contributed by atoms with Crippen LogP contribution < -0.4 is 5.32 Å². The molecule has 0 saturated carbocycles. The van der Waals surface area contributed by atoms with Gasteiger partial charge in [-0.2, -0.15) is 0 Å². The zero-order valence-electron chi connectivity index (χ0n) is 10.2. The maximum absolute atomic E-state index is 12.2. The molecule has 0 aliphatic heterocycles. The molecule has 6 heteroatoms. The summed E-state index contributed by atoms with van der Waals surface area (Å²) in [5, 5.41) is 5.44. The second-order valence-corrected chi connectivity index (χ2v) is 5.69. The molecule has 19 heavy (non-hydrogen) atoms. The number of pyridine rings is 1. The van der Waals surface area contributed by atoms with Crippen molar-refractivity contribution in [1.82, 2.24) is 10.3 Å². The Labute approximate surface area is 125 Å². The number of nitrogens with one attached hydrogen (secondary N) is 1. The van der Waals surface area contributed by atoms with Gasteiger partial charge in [-0.25, -0.2) is 4.98 Å². The molecule has 2 heterocycles. The van der Waals surface area contributed by atoms with Crippen molar-refractivity contribution in [2.24, 2.45) is 0 Å². The molecule has 100 valence electrons. The molecule has 0 radical (unpaired) electrons. The van der Waals surface area contributed by atoms with E-state index in [4.69, 9.17) is 23.2 Å². The van der Waals surface area contributed by atoms with E-state index in [2.05, 4.69) is 10.3 Å². The van der Waals surface area contributed by atoms with Crippen molar-refractivity contribution < 1.29 is 4.79 Å². The van der Waals surface area contributed by atoms with Crippen LogP contribution in [0.1, 0.15) is 34.8 Å². The summed E-state index contributed by atoms with van der Waals surface area (Å²) >= 11 is 13.4. The summed E-state index contributed by atoms with van der Waals surface area (Å²) in [6.07, 6.45) is 0.796. The van der Waals surface area contributed by atoms with Crippen LogP contribution >= 0.6 is 34.5 Å². The number of rotatable bonds is 4. The third-order valence-electron chi connectivity index (χ3n) is 2.63. The quantitative estimate of drug-likeness (QED) is 0.853. The molecule has 0 bridgehead atoms. The summed E-state index contributed by atoms with van der Waals surface area (Å²) < 4.78 is 0. The van der Waals surface area contributed by atoms with E-state index < -0.39 is 0 Å². The molecule has 2 aromatic heterocycles. The van der Waals surface area contributed by atoms with Gasteiger partial charge in [0.2, 0.25) is 0 Å². The number of thiophene rings is 1. The first-order valence-corrected chi connectivity index (χ1v) is 7.41. The highest BCUT2D eigenvalue weighted by Crippen LogP contribution is 2.23. The average Bonchev–Trinajstić information content (AvgIpc) is 2.92. The summed E-state index contributed by atoms with van der Waals surface area (Å²) in [6.45, 7) is 2.01. The molecule has 1 unspecified atom stereocenters. The fourth-order valence-electron chi connectivity index (χ4n) is 1.67. The lowest BCUT2D eigenvalue weighted by atomic mass is 10.2. The summed E-state index contributed by atoms with van der Waals surface area (Å²) in [4.78, 5) is 17.2. The van der Waals surface area contributed by atoms with E-state index in [1.165, 1.54) is 0 Å². The van der Waals surface area contributed by atoms with Crippen LogP contribution in [0.15, 0.2) is 29.6 Å². The predicted octanol–water partition coefficient (Wildman–Crippen LogP) is 4.33. The zero-order chi connectivity index (χ0) is 13.8. The SMILES string of the molecule is CCC(NC(=O)c1nc(Cl)ccc1Cl)c1cccs1. The van der Waals surface area contributed by atoms with Gasteiger partial charge in [0.05, 0.1) is 11.1 Å². The summed E-state index contributed by atoms with van der Waals surface area (Å²) in [6, 6.07) is 7.03. The molecule has 1 amide bonds. The number of carbonyl (C=O) groups excluding carboxylic acids is 1. The van der Waals surface area contributed by atoms with Gasteiger partial charge < -0.3 is 5.32 Å². The lowest BCUT2D eigenvalue weighted by Crippen LogP contribution is -2.28. The third kappa shape index (κ3) is 3.47. The Hall–Kier alpha value is -1.10. The summed E-state index contributed by atoms with van der Waals surface area (Å²) in [5.74, 6) is -0.312. The van der Waals surface area contributed by atoms with Crippen LogP contribution in [0.25, 0.3) is 0 Å². The Morgan fingerprint density at radius 2 is 2.21 bits per heavy atom. The minimum absolute atomic E-state index is 0.0376. The standard InChI is InChI=1S/C13H12Cl2N2OS/c1-2-9(10-4-3-7-19-10)16-13(18)12-8(14)5-6-11(15)17-12/h3-7,9H,2H2,1H3,(H,16,18). The monoisotopic (exact) mass is 314 g/mol. The summed E-state index contributed by atoms with van der Waals surface area (Å²) in [7, 11) is 0. The lowest BCUT2D eigenvalue weighted by molar-refractivity contribution is 0.0931. The zero-order valence-corrected chi connectivity index (χ0v) is 12.5. The van der Waals surface area contributed by atoms with Gasteiger partial charge in [-0.1, -0.05) is 36.2 Å². The Morgan fingerprint density at radius 1 is 1.42 bits per heavy atom. The Bertz CT molecular complexity index is 572. The molecular formula is C13H12Cl2N2OS. The minimum atomic E-state index is -0.312. The Balaban J connectivity index is 2.18. The first-order valence-electron chi connectivity index (χ1n) is 5.78. The topological polar surface area (TPSA) is 42.0 Å². The van der Waals surface area contributed by atoms with E-state index in [0.29, 0.717) is 5.02 Å². The fourth-order valence-corrected chi connectivity index (χ4v) is 2.87. The number of nitrogens with zero attached hydrogens (tertiary/aromatic N) is 1. The molecule has 2 rings (SSSR count). The van der Waals surface area contributed by atoms with Crippen LogP contribution in [0.4, 0.5) is 0 Å². The first-order chi connectivity index (χ1) is 9.11. The van der Waals surface area contributed by atoms with Gasteiger partial charge in [-0.15, -0.1) is 11.3 Å². The second-order valence-electron chi connectivity index (χ2n) is 3.91.